The first-order valence-electron chi connectivity index (χ1n) is 6.50. The number of nitrogens with zero attached hydrogens (tertiary/aromatic N) is 2. The van der Waals surface area contributed by atoms with Crippen molar-refractivity contribution in [2.75, 3.05) is 0 Å². The summed E-state index contributed by atoms with van der Waals surface area (Å²) in [6.45, 7) is 5.09. The Morgan fingerprint density at radius 1 is 1.14 bits per heavy atom. The van der Waals surface area contributed by atoms with E-state index in [1.165, 1.54) is 10.6 Å². The van der Waals surface area contributed by atoms with Gasteiger partial charge in [0.25, 0.3) is 5.56 Å². The monoisotopic (exact) mass is 287 g/mol. The first kappa shape index (κ1) is 14.8. The van der Waals surface area contributed by atoms with Crippen molar-refractivity contribution in [1.82, 2.24) is 9.13 Å². The maximum atomic E-state index is 12.5. The quantitative estimate of drug-likeness (QED) is 0.887. The summed E-state index contributed by atoms with van der Waals surface area (Å²) >= 11 is 0. The Kier molecular flexibility index (Phi) is 3.80. The van der Waals surface area contributed by atoms with E-state index in [4.69, 9.17) is 5.73 Å². The average Bonchev–Trinajstić information content (AvgIpc) is 2.36. The smallest absolute Gasteiger partial charge is 0.336 e. The van der Waals surface area contributed by atoms with Crippen LogP contribution in [0.15, 0.2) is 33.9 Å². The van der Waals surface area contributed by atoms with Gasteiger partial charge in [-0.3, -0.25) is 18.7 Å². The Hall–Kier alpha value is -2.63. The third-order valence-corrected chi connectivity index (χ3v) is 3.28. The van der Waals surface area contributed by atoms with E-state index in [-0.39, 0.29) is 0 Å². The van der Waals surface area contributed by atoms with Gasteiger partial charge in [0.15, 0.2) is 0 Å². The summed E-state index contributed by atoms with van der Waals surface area (Å²) in [6, 6.07) is 6.98. The number of rotatable bonds is 3. The number of carbonyl (C=O) groups excluding carboxylic acids is 1. The number of hydrogen-bond donors (Lipinski definition) is 1. The van der Waals surface area contributed by atoms with Crippen LogP contribution in [0.5, 0.6) is 0 Å². The molecule has 0 saturated heterocycles. The molecule has 1 aromatic heterocycles. The van der Waals surface area contributed by atoms with Crippen LogP contribution in [0.2, 0.25) is 0 Å². The van der Waals surface area contributed by atoms with Crippen molar-refractivity contribution in [1.29, 1.82) is 0 Å². The Bertz CT molecular complexity index is 831. The Balaban J connectivity index is 2.78. The number of carbonyl (C=O) groups is 1. The molecule has 110 valence electrons. The van der Waals surface area contributed by atoms with Crippen LogP contribution in [-0.2, 0) is 11.3 Å². The molecule has 1 aromatic carbocycles. The number of hydrogen-bond acceptors (Lipinski definition) is 3. The maximum absolute atomic E-state index is 12.5. The minimum atomic E-state index is -0.731. The summed E-state index contributed by atoms with van der Waals surface area (Å²) in [5, 5.41) is 0. The summed E-state index contributed by atoms with van der Waals surface area (Å²) in [7, 11) is 0. The molecule has 0 aliphatic rings. The number of aryl methyl sites for hydroxylation is 3. The molecule has 0 fully saturated rings. The second kappa shape index (κ2) is 5.40. The summed E-state index contributed by atoms with van der Waals surface area (Å²) in [5.74, 6) is -0.731. The van der Waals surface area contributed by atoms with Gasteiger partial charge in [-0.05, 0) is 32.4 Å². The summed E-state index contributed by atoms with van der Waals surface area (Å²) in [4.78, 5) is 35.4. The molecule has 0 unspecified atom stereocenters. The second-order valence-electron chi connectivity index (χ2n) is 5.08. The molecule has 0 spiro atoms. The largest absolute Gasteiger partial charge is 0.368 e. The van der Waals surface area contributed by atoms with Crippen LogP contribution < -0.4 is 17.0 Å². The fourth-order valence-corrected chi connectivity index (χ4v) is 2.34. The molecule has 2 rings (SSSR count). The SMILES string of the molecule is Cc1ccc(-n2c(C)cc(=O)n(CC(N)=O)c2=O)c(C)c1. The molecule has 0 saturated carbocycles. The highest BCUT2D eigenvalue weighted by atomic mass is 16.2. The standard InChI is InChI=1S/C15H17N3O3/c1-9-4-5-12(10(2)6-9)18-11(3)7-14(20)17(15(18)21)8-13(16)19/h4-7H,8H2,1-3H3,(H2,16,19). The normalized spacial score (nSPS) is 10.6. The van der Waals surface area contributed by atoms with Gasteiger partial charge in [-0.1, -0.05) is 17.7 Å². The van der Waals surface area contributed by atoms with Crippen molar-refractivity contribution in [3.8, 4) is 5.69 Å². The fraction of sp³-hybridized carbons (Fsp3) is 0.267. The number of primary amides is 1. The van der Waals surface area contributed by atoms with E-state index in [1.807, 2.05) is 32.0 Å². The van der Waals surface area contributed by atoms with E-state index in [9.17, 15) is 14.4 Å². The Labute approximate surface area is 121 Å². The Morgan fingerprint density at radius 2 is 1.81 bits per heavy atom. The predicted molar refractivity (Wildman–Crippen MR) is 79.7 cm³/mol. The molecule has 0 atom stereocenters. The Morgan fingerprint density at radius 3 is 2.38 bits per heavy atom. The molecular weight excluding hydrogens is 270 g/mol. The van der Waals surface area contributed by atoms with Crippen molar-refractivity contribution < 1.29 is 4.79 Å². The zero-order valence-electron chi connectivity index (χ0n) is 12.2. The van der Waals surface area contributed by atoms with Crippen molar-refractivity contribution in [2.45, 2.75) is 27.3 Å². The molecular formula is C15H17N3O3. The first-order valence-corrected chi connectivity index (χ1v) is 6.50. The van der Waals surface area contributed by atoms with Crippen molar-refractivity contribution in [3.05, 3.63) is 61.9 Å². The van der Waals surface area contributed by atoms with Crippen LogP contribution in [0.25, 0.3) is 5.69 Å². The summed E-state index contributed by atoms with van der Waals surface area (Å²) in [5.41, 5.74) is 7.17. The molecule has 1 heterocycles. The van der Waals surface area contributed by atoms with Gasteiger partial charge in [-0.15, -0.1) is 0 Å². The fourth-order valence-electron chi connectivity index (χ4n) is 2.34. The lowest BCUT2D eigenvalue weighted by atomic mass is 10.1. The molecule has 21 heavy (non-hydrogen) atoms. The number of nitrogens with two attached hydrogens (primary N) is 1. The topological polar surface area (TPSA) is 87.1 Å². The van der Waals surface area contributed by atoms with Crippen LogP contribution in [-0.4, -0.2) is 15.0 Å². The van der Waals surface area contributed by atoms with Gasteiger partial charge in [0.1, 0.15) is 6.54 Å². The second-order valence-corrected chi connectivity index (χ2v) is 5.08. The zero-order valence-corrected chi connectivity index (χ0v) is 12.2. The lowest BCUT2D eigenvalue weighted by molar-refractivity contribution is -0.118. The lowest BCUT2D eigenvalue weighted by Gasteiger charge is -2.15. The molecule has 6 heteroatoms. The summed E-state index contributed by atoms with van der Waals surface area (Å²) in [6.07, 6.45) is 0. The van der Waals surface area contributed by atoms with E-state index >= 15 is 0 Å². The highest BCUT2D eigenvalue weighted by Crippen LogP contribution is 2.15. The van der Waals surface area contributed by atoms with Crippen LogP contribution in [0, 0.1) is 20.8 Å². The van der Waals surface area contributed by atoms with E-state index in [1.54, 1.807) is 6.92 Å². The van der Waals surface area contributed by atoms with E-state index in [0.717, 1.165) is 15.7 Å². The average molecular weight is 287 g/mol. The molecule has 0 aliphatic carbocycles. The molecule has 1 amide bonds. The van der Waals surface area contributed by atoms with Crippen molar-refractivity contribution in [3.63, 3.8) is 0 Å². The molecule has 0 bridgehead atoms. The summed E-state index contributed by atoms with van der Waals surface area (Å²) < 4.78 is 2.26. The van der Waals surface area contributed by atoms with Gasteiger partial charge in [0.05, 0.1) is 5.69 Å². The minimum Gasteiger partial charge on any atom is -0.368 e. The lowest BCUT2D eigenvalue weighted by Crippen LogP contribution is -2.42. The van der Waals surface area contributed by atoms with Crippen LogP contribution in [0.4, 0.5) is 0 Å². The number of amides is 1. The highest BCUT2D eigenvalue weighted by Gasteiger charge is 2.13. The van der Waals surface area contributed by atoms with Crippen LogP contribution in [0.3, 0.4) is 0 Å². The number of aromatic nitrogens is 2. The van der Waals surface area contributed by atoms with Crippen LogP contribution >= 0.6 is 0 Å². The molecule has 6 nitrogen and oxygen atoms in total. The third-order valence-electron chi connectivity index (χ3n) is 3.28. The van der Waals surface area contributed by atoms with Gasteiger partial charge in [-0.2, -0.15) is 0 Å². The van der Waals surface area contributed by atoms with Gasteiger partial charge < -0.3 is 5.73 Å². The third kappa shape index (κ3) is 2.79. The van der Waals surface area contributed by atoms with E-state index in [2.05, 4.69) is 0 Å². The van der Waals surface area contributed by atoms with Crippen LogP contribution in [0.1, 0.15) is 16.8 Å². The molecule has 2 aromatic rings. The molecule has 2 N–H and O–H groups in total. The van der Waals surface area contributed by atoms with E-state index in [0.29, 0.717) is 11.4 Å². The van der Waals surface area contributed by atoms with Gasteiger partial charge in [0.2, 0.25) is 5.91 Å². The first-order chi connectivity index (χ1) is 9.81. The minimum absolute atomic E-state index is 0.428. The van der Waals surface area contributed by atoms with E-state index < -0.39 is 23.7 Å². The highest BCUT2D eigenvalue weighted by molar-refractivity contribution is 5.73. The van der Waals surface area contributed by atoms with Gasteiger partial charge in [0, 0.05) is 11.8 Å². The van der Waals surface area contributed by atoms with Gasteiger partial charge in [-0.25, -0.2) is 4.79 Å². The number of benzene rings is 1. The predicted octanol–water partition coefficient (Wildman–Crippen LogP) is 0.410. The molecule has 0 radical (unpaired) electrons. The van der Waals surface area contributed by atoms with Gasteiger partial charge >= 0.3 is 5.69 Å². The van der Waals surface area contributed by atoms with Crippen molar-refractivity contribution >= 4 is 5.91 Å². The maximum Gasteiger partial charge on any atom is 0.336 e. The zero-order chi connectivity index (χ0) is 15.7. The molecule has 0 aliphatic heterocycles. The van der Waals surface area contributed by atoms with Crippen molar-refractivity contribution in [2.24, 2.45) is 5.73 Å².